The molecule has 112 valence electrons. The Kier molecular flexibility index (Phi) is 3.57. The number of carbonyl (C=O) groups is 1. The first-order valence-electron chi connectivity index (χ1n) is 6.66. The van der Waals surface area contributed by atoms with Gasteiger partial charge < -0.3 is 10.6 Å². The van der Waals surface area contributed by atoms with E-state index >= 15 is 0 Å². The number of amides is 2. The van der Waals surface area contributed by atoms with E-state index in [1.54, 1.807) is 6.92 Å². The lowest BCUT2D eigenvalue weighted by Crippen LogP contribution is -2.32. The van der Waals surface area contributed by atoms with Gasteiger partial charge in [0.25, 0.3) is 11.3 Å². The molecule has 0 unspecified atom stereocenters. The van der Waals surface area contributed by atoms with Crippen LogP contribution in [0.2, 0.25) is 0 Å². The van der Waals surface area contributed by atoms with Crippen LogP contribution in [0.15, 0.2) is 41.5 Å². The average molecular weight is 298 g/mol. The molecule has 8 heteroatoms. The molecule has 0 spiro atoms. The van der Waals surface area contributed by atoms with E-state index in [-0.39, 0.29) is 11.5 Å². The summed E-state index contributed by atoms with van der Waals surface area (Å²) in [5, 5.41) is 7.87. The Morgan fingerprint density at radius 2 is 2.09 bits per heavy atom. The summed E-state index contributed by atoms with van der Waals surface area (Å²) in [6.07, 6.45) is 1.36. The van der Waals surface area contributed by atoms with Gasteiger partial charge in [-0.1, -0.05) is 30.3 Å². The van der Waals surface area contributed by atoms with Gasteiger partial charge in [0.15, 0.2) is 0 Å². The summed E-state index contributed by atoms with van der Waals surface area (Å²) in [4.78, 5) is 32.2. The number of rotatable bonds is 3. The summed E-state index contributed by atoms with van der Waals surface area (Å²) < 4.78 is 1.17. The molecular weight excluding hydrogens is 284 g/mol. The fourth-order valence-electron chi connectivity index (χ4n) is 2.04. The quantitative estimate of drug-likeness (QED) is 0.672. The first-order chi connectivity index (χ1) is 10.6. The number of hydrogen-bond donors (Lipinski definition) is 3. The smallest absolute Gasteiger partial charge is 0.319 e. The van der Waals surface area contributed by atoms with Gasteiger partial charge in [0, 0.05) is 6.54 Å². The molecule has 0 aliphatic rings. The molecular formula is C14H14N6O2. The number of nitrogens with one attached hydrogen (secondary N) is 3. The van der Waals surface area contributed by atoms with E-state index < -0.39 is 11.6 Å². The SMILES string of the molecule is Cc1nc2nc[nH]n2c(=O)c1NC(=O)NCc1ccccc1. The van der Waals surface area contributed by atoms with Crippen molar-refractivity contribution < 1.29 is 4.79 Å². The van der Waals surface area contributed by atoms with Gasteiger partial charge >= 0.3 is 6.03 Å². The average Bonchev–Trinajstić information content (AvgIpc) is 2.99. The van der Waals surface area contributed by atoms with Crippen molar-refractivity contribution in [1.82, 2.24) is 24.9 Å². The van der Waals surface area contributed by atoms with Crippen LogP contribution in [0.1, 0.15) is 11.3 Å². The molecule has 8 nitrogen and oxygen atoms in total. The molecule has 2 amide bonds. The first kappa shape index (κ1) is 13.8. The van der Waals surface area contributed by atoms with Gasteiger partial charge in [-0.25, -0.2) is 14.8 Å². The number of hydrogen-bond acceptors (Lipinski definition) is 4. The van der Waals surface area contributed by atoms with Gasteiger partial charge in [0.2, 0.25) is 0 Å². The minimum atomic E-state index is -0.467. The van der Waals surface area contributed by atoms with E-state index in [1.165, 1.54) is 10.8 Å². The highest BCUT2D eigenvalue weighted by Gasteiger charge is 2.13. The second kappa shape index (κ2) is 5.68. The molecule has 3 N–H and O–H groups in total. The van der Waals surface area contributed by atoms with Crippen LogP contribution in [0.4, 0.5) is 10.5 Å². The Bertz CT molecular complexity index is 868. The topological polar surface area (TPSA) is 104 Å². The van der Waals surface area contributed by atoms with E-state index in [2.05, 4.69) is 25.7 Å². The molecule has 0 aliphatic carbocycles. The van der Waals surface area contributed by atoms with Crippen LogP contribution >= 0.6 is 0 Å². The lowest BCUT2D eigenvalue weighted by molar-refractivity contribution is 0.251. The third-order valence-electron chi connectivity index (χ3n) is 3.15. The Morgan fingerprint density at radius 3 is 2.86 bits per heavy atom. The molecule has 0 saturated heterocycles. The summed E-state index contributed by atoms with van der Waals surface area (Å²) in [5.74, 6) is 0.262. The summed E-state index contributed by atoms with van der Waals surface area (Å²) in [7, 11) is 0. The zero-order valence-corrected chi connectivity index (χ0v) is 11.8. The fraction of sp³-hybridized carbons (Fsp3) is 0.143. The number of anilines is 1. The molecule has 3 aromatic rings. The standard InChI is InChI=1S/C14H14N6O2/c1-9-11(12(21)20-13(18-9)16-8-17-20)19-14(22)15-7-10-5-3-2-4-6-10/h2-6,8H,7H2,1H3,(H2,15,19,22)(H,16,17,18). The lowest BCUT2D eigenvalue weighted by atomic mass is 10.2. The minimum absolute atomic E-state index is 0.118. The molecule has 0 saturated carbocycles. The van der Waals surface area contributed by atoms with E-state index in [0.29, 0.717) is 12.2 Å². The minimum Gasteiger partial charge on any atom is -0.334 e. The lowest BCUT2D eigenvalue weighted by Gasteiger charge is -2.09. The van der Waals surface area contributed by atoms with Crippen molar-refractivity contribution in [3.05, 3.63) is 58.3 Å². The Balaban J connectivity index is 1.75. The maximum Gasteiger partial charge on any atom is 0.319 e. The van der Waals surface area contributed by atoms with Crippen LogP contribution in [0.3, 0.4) is 0 Å². The Labute approximate surface area is 125 Å². The Hall–Kier alpha value is -3.16. The highest BCUT2D eigenvalue weighted by atomic mass is 16.2. The van der Waals surface area contributed by atoms with Gasteiger partial charge in [0.1, 0.15) is 12.0 Å². The van der Waals surface area contributed by atoms with Crippen LogP contribution in [0.25, 0.3) is 5.78 Å². The maximum absolute atomic E-state index is 12.2. The van der Waals surface area contributed by atoms with Crippen molar-refractivity contribution >= 4 is 17.5 Å². The van der Waals surface area contributed by atoms with Crippen molar-refractivity contribution in [3.63, 3.8) is 0 Å². The number of urea groups is 1. The van der Waals surface area contributed by atoms with Crippen LogP contribution in [-0.4, -0.2) is 25.6 Å². The van der Waals surface area contributed by atoms with Gasteiger partial charge in [-0.15, -0.1) is 0 Å². The summed E-state index contributed by atoms with van der Waals surface area (Å²) in [5.41, 5.74) is 1.09. The molecule has 0 fully saturated rings. The van der Waals surface area contributed by atoms with Crippen molar-refractivity contribution in [2.75, 3.05) is 5.32 Å². The van der Waals surface area contributed by atoms with E-state index in [0.717, 1.165) is 5.56 Å². The second-order valence-electron chi connectivity index (χ2n) is 4.69. The van der Waals surface area contributed by atoms with Crippen LogP contribution in [0, 0.1) is 6.92 Å². The van der Waals surface area contributed by atoms with Crippen molar-refractivity contribution in [3.8, 4) is 0 Å². The molecule has 0 radical (unpaired) electrons. The van der Waals surface area contributed by atoms with Gasteiger partial charge in [-0.2, -0.15) is 4.52 Å². The third-order valence-corrected chi connectivity index (χ3v) is 3.15. The van der Waals surface area contributed by atoms with Gasteiger partial charge in [-0.3, -0.25) is 9.89 Å². The number of nitrogens with zero attached hydrogens (tertiary/aromatic N) is 3. The molecule has 2 heterocycles. The number of aryl methyl sites for hydroxylation is 1. The monoisotopic (exact) mass is 298 g/mol. The summed E-state index contributed by atoms with van der Waals surface area (Å²) in [6, 6.07) is 9.02. The van der Waals surface area contributed by atoms with Crippen LogP contribution in [-0.2, 0) is 6.54 Å². The zero-order valence-electron chi connectivity index (χ0n) is 11.8. The maximum atomic E-state index is 12.2. The Morgan fingerprint density at radius 1 is 1.32 bits per heavy atom. The van der Waals surface area contributed by atoms with Crippen molar-refractivity contribution in [1.29, 1.82) is 0 Å². The predicted molar refractivity (Wildman–Crippen MR) is 80.6 cm³/mol. The van der Waals surface area contributed by atoms with Crippen molar-refractivity contribution in [2.45, 2.75) is 13.5 Å². The van der Waals surface area contributed by atoms with Gasteiger partial charge in [-0.05, 0) is 12.5 Å². The summed E-state index contributed by atoms with van der Waals surface area (Å²) >= 11 is 0. The number of aromatic nitrogens is 4. The third kappa shape index (κ3) is 2.66. The van der Waals surface area contributed by atoms with E-state index in [9.17, 15) is 9.59 Å². The number of H-pyrrole nitrogens is 1. The molecule has 2 aromatic heterocycles. The van der Waals surface area contributed by atoms with Gasteiger partial charge in [0.05, 0.1) is 5.69 Å². The zero-order chi connectivity index (χ0) is 15.5. The molecule has 1 aromatic carbocycles. The number of benzene rings is 1. The highest BCUT2D eigenvalue weighted by molar-refractivity contribution is 5.89. The second-order valence-corrected chi connectivity index (χ2v) is 4.69. The fourth-order valence-corrected chi connectivity index (χ4v) is 2.04. The van der Waals surface area contributed by atoms with Crippen LogP contribution < -0.4 is 16.2 Å². The van der Waals surface area contributed by atoms with Crippen LogP contribution in [0.5, 0.6) is 0 Å². The molecule has 0 atom stereocenters. The normalized spacial score (nSPS) is 10.6. The number of fused-ring (bicyclic) bond motifs is 1. The largest absolute Gasteiger partial charge is 0.334 e. The van der Waals surface area contributed by atoms with Crippen molar-refractivity contribution in [2.24, 2.45) is 0 Å². The van der Waals surface area contributed by atoms with E-state index in [4.69, 9.17) is 0 Å². The summed E-state index contributed by atoms with van der Waals surface area (Å²) in [6.45, 7) is 2.01. The molecule has 0 aliphatic heterocycles. The van der Waals surface area contributed by atoms with E-state index in [1.807, 2.05) is 30.3 Å². The molecule has 0 bridgehead atoms. The molecule has 22 heavy (non-hydrogen) atoms. The predicted octanol–water partition coefficient (Wildman–Crippen LogP) is 1.05. The number of aromatic amines is 1. The molecule has 3 rings (SSSR count). The highest BCUT2D eigenvalue weighted by Crippen LogP contribution is 2.06. The first-order valence-corrected chi connectivity index (χ1v) is 6.66. The number of carbonyl (C=O) groups excluding carboxylic acids is 1.